The Labute approximate surface area is 148 Å². The third kappa shape index (κ3) is 4.26. The van der Waals surface area contributed by atoms with Gasteiger partial charge >= 0.3 is 24.1 Å². The van der Waals surface area contributed by atoms with Crippen LogP contribution >= 0.6 is 0 Å². The van der Waals surface area contributed by atoms with Gasteiger partial charge in [0.2, 0.25) is 5.91 Å². The minimum Gasteiger partial charge on any atom is -0.497 e. The number of ether oxygens (including phenoxy) is 3. The molecule has 1 atom stereocenters. The van der Waals surface area contributed by atoms with E-state index in [-0.39, 0.29) is 6.54 Å². The second-order valence-electron chi connectivity index (χ2n) is 5.46. The highest BCUT2D eigenvalue weighted by Gasteiger charge is 2.78. The van der Waals surface area contributed by atoms with E-state index in [0.29, 0.717) is 11.3 Å². The third-order valence-electron chi connectivity index (χ3n) is 3.58. The van der Waals surface area contributed by atoms with Crippen LogP contribution in [-0.4, -0.2) is 43.2 Å². The Morgan fingerprint density at radius 2 is 1.74 bits per heavy atom. The fourth-order valence-corrected chi connectivity index (χ4v) is 2.22. The summed E-state index contributed by atoms with van der Waals surface area (Å²) in [6, 6.07) is 6.11. The first kappa shape index (κ1) is 20.8. The van der Waals surface area contributed by atoms with Gasteiger partial charge in [0.15, 0.2) is 6.10 Å². The molecule has 1 amide bonds. The SMILES string of the molecule is COc1ccc(CNC(=O)[C@@H]2CC(=O)OC(C(F)(F)F)(C(F)(F)F)O2)cc1. The van der Waals surface area contributed by atoms with Gasteiger partial charge in [0.1, 0.15) is 5.75 Å². The van der Waals surface area contributed by atoms with Crippen molar-refractivity contribution in [2.75, 3.05) is 7.11 Å². The summed E-state index contributed by atoms with van der Waals surface area (Å²) >= 11 is 0. The molecule has 12 heteroatoms. The summed E-state index contributed by atoms with van der Waals surface area (Å²) < 4.78 is 90.1. The number of carbonyl (C=O) groups excluding carboxylic acids is 2. The summed E-state index contributed by atoms with van der Waals surface area (Å²) in [5, 5.41) is 2.12. The predicted octanol–water partition coefficient (Wildman–Crippen LogP) is 2.46. The lowest BCUT2D eigenvalue weighted by Gasteiger charge is -2.40. The molecule has 2 rings (SSSR count). The van der Waals surface area contributed by atoms with Crippen molar-refractivity contribution in [3.63, 3.8) is 0 Å². The summed E-state index contributed by atoms with van der Waals surface area (Å²) in [5.41, 5.74) is 0.487. The quantitative estimate of drug-likeness (QED) is 0.620. The maximum Gasteiger partial charge on any atom is 0.465 e. The van der Waals surface area contributed by atoms with E-state index in [4.69, 9.17) is 4.74 Å². The average Bonchev–Trinajstić information content (AvgIpc) is 2.57. The number of benzene rings is 1. The smallest absolute Gasteiger partial charge is 0.465 e. The van der Waals surface area contributed by atoms with Crippen LogP contribution < -0.4 is 10.1 Å². The molecule has 0 saturated carbocycles. The molecule has 0 unspecified atom stereocenters. The molecule has 6 nitrogen and oxygen atoms in total. The van der Waals surface area contributed by atoms with Crippen molar-refractivity contribution >= 4 is 11.9 Å². The van der Waals surface area contributed by atoms with Crippen molar-refractivity contribution in [1.29, 1.82) is 0 Å². The fourth-order valence-electron chi connectivity index (χ4n) is 2.22. The molecule has 0 bridgehead atoms. The molecule has 27 heavy (non-hydrogen) atoms. The lowest BCUT2D eigenvalue weighted by atomic mass is 10.1. The summed E-state index contributed by atoms with van der Waals surface area (Å²) in [6.45, 7) is -0.219. The molecule has 0 radical (unpaired) electrons. The van der Waals surface area contributed by atoms with Crippen LogP contribution in [0.5, 0.6) is 5.75 Å². The third-order valence-corrected chi connectivity index (χ3v) is 3.58. The van der Waals surface area contributed by atoms with Gasteiger partial charge in [-0.25, -0.2) is 0 Å². The Kier molecular flexibility index (Phi) is 5.59. The zero-order valence-electron chi connectivity index (χ0n) is 13.6. The monoisotopic (exact) mass is 401 g/mol. The van der Waals surface area contributed by atoms with Gasteiger partial charge < -0.3 is 19.5 Å². The van der Waals surface area contributed by atoms with Crippen molar-refractivity contribution in [3.05, 3.63) is 29.8 Å². The highest BCUT2D eigenvalue weighted by atomic mass is 19.4. The summed E-state index contributed by atoms with van der Waals surface area (Å²) in [4.78, 5) is 23.3. The number of cyclic esters (lactones) is 1. The molecular formula is C15H13F6NO5. The van der Waals surface area contributed by atoms with Crippen molar-refractivity contribution in [3.8, 4) is 5.75 Å². The lowest BCUT2D eigenvalue weighted by Crippen LogP contribution is -2.66. The maximum atomic E-state index is 13.0. The second kappa shape index (κ2) is 7.25. The minimum absolute atomic E-state index is 0.219. The van der Waals surface area contributed by atoms with Crippen LogP contribution in [0.2, 0.25) is 0 Å². The van der Waals surface area contributed by atoms with Crippen LogP contribution in [0.3, 0.4) is 0 Å². The summed E-state index contributed by atoms with van der Waals surface area (Å²) in [6.07, 6.45) is -15.7. The van der Waals surface area contributed by atoms with Crippen LogP contribution in [0.4, 0.5) is 26.3 Å². The minimum atomic E-state index is -6.13. The van der Waals surface area contributed by atoms with E-state index in [9.17, 15) is 35.9 Å². The number of rotatable bonds is 4. The van der Waals surface area contributed by atoms with Crippen molar-refractivity contribution in [2.24, 2.45) is 0 Å². The van der Waals surface area contributed by atoms with Crippen molar-refractivity contribution < 1.29 is 50.1 Å². The molecule has 1 N–H and O–H groups in total. The fraction of sp³-hybridized carbons (Fsp3) is 0.467. The van der Waals surface area contributed by atoms with Gasteiger partial charge in [-0.1, -0.05) is 12.1 Å². The van der Waals surface area contributed by atoms with Gasteiger partial charge in [0.25, 0.3) is 0 Å². The number of methoxy groups -OCH3 is 1. The van der Waals surface area contributed by atoms with Crippen molar-refractivity contribution in [1.82, 2.24) is 5.32 Å². The number of hydrogen-bond donors (Lipinski definition) is 1. The Bertz CT molecular complexity index is 686. The Balaban J connectivity index is 2.14. The Hall–Kier alpha value is -2.50. The first-order valence-corrected chi connectivity index (χ1v) is 7.33. The van der Waals surface area contributed by atoms with Crippen molar-refractivity contribution in [2.45, 2.75) is 37.2 Å². The van der Waals surface area contributed by atoms with Crippen LogP contribution in [0.1, 0.15) is 12.0 Å². The summed E-state index contributed by atoms with van der Waals surface area (Å²) in [7, 11) is 1.42. The van der Waals surface area contributed by atoms with Crippen LogP contribution in [-0.2, 0) is 25.6 Å². The van der Waals surface area contributed by atoms with Crippen LogP contribution in [0.25, 0.3) is 0 Å². The Morgan fingerprint density at radius 1 is 1.19 bits per heavy atom. The highest BCUT2D eigenvalue weighted by molar-refractivity contribution is 5.86. The number of hydrogen-bond acceptors (Lipinski definition) is 5. The molecule has 1 aromatic carbocycles. The van der Waals surface area contributed by atoms with Crippen LogP contribution in [0.15, 0.2) is 24.3 Å². The van der Waals surface area contributed by atoms with Gasteiger partial charge in [-0.05, 0) is 17.7 Å². The topological polar surface area (TPSA) is 73.9 Å². The molecule has 0 aliphatic carbocycles. The van der Waals surface area contributed by atoms with E-state index in [1.54, 1.807) is 0 Å². The highest BCUT2D eigenvalue weighted by Crippen LogP contribution is 2.49. The average molecular weight is 401 g/mol. The first-order chi connectivity index (χ1) is 12.4. The number of alkyl halides is 6. The molecule has 0 spiro atoms. The van der Waals surface area contributed by atoms with E-state index in [0.717, 1.165) is 0 Å². The van der Waals surface area contributed by atoms with E-state index >= 15 is 0 Å². The molecule has 1 fully saturated rings. The maximum absolute atomic E-state index is 13.0. The predicted molar refractivity (Wildman–Crippen MR) is 75.3 cm³/mol. The number of halogens is 6. The second-order valence-corrected chi connectivity index (χ2v) is 5.46. The number of nitrogens with one attached hydrogen (secondary N) is 1. The molecule has 1 aliphatic heterocycles. The van der Waals surface area contributed by atoms with Gasteiger partial charge in [0.05, 0.1) is 13.5 Å². The first-order valence-electron chi connectivity index (χ1n) is 7.33. The van der Waals surface area contributed by atoms with Crippen LogP contribution in [0, 0.1) is 0 Å². The molecule has 150 valence electrons. The van der Waals surface area contributed by atoms with E-state index in [1.807, 2.05) is 0 Å². The van der Waals surface area contributed by atoms with E-state index in [2.05, 4.69) is 14.8 Å². The normalized spacial score (nSPS) is 20.0. The Morgan fingerprint density at radius 3 is 2.22 bits per heavy atom. The molecular weight excluding hydrogens is 388 g/mol. The molecule has 1 saturated heterocycles. The largest absolute Gasteiger partial charge is 0.497 e. The van der Waals surface area contributed by atoms with Gasteiger partial charge in [0, 0.05) is 6.54 Å². The molecule has 1 heterocycles. The lowest BCUT2D eigenvalue weighted by molar-refractivity contribution is -0.469. The van der Waals surface area contributed by atoms with E-state index < -0.39 is 42.5 Å². The van der Waals surface area contributed by atoms with Gasteiger partial charge in [-0.3, -0.25) is 9.59 Å². The number of esters is 1. The molecule has 0 aromatic heterocycles. The van der Waals surface area contributed by atoms with E-state index in [1.165, 1.54) is 31.4 Å². The van der Waals surface area contributed by atoms with Gasteiger partial charge in [-0.2, -0.15) is 26.3 Å². The zero-order valence-corrected chi connectivity index (χ0v) is 13.6. The number of amides is 1. The molecule has 1 aliphatic rings. The summed E-state index contributed by atoms with van der Waals surface area (Å²) in [5.74, 6) is -7.87. The number of carbonyl (C=O) groups is 2. The molecule has 1 aromatic rings. The zero-order chi connectivity index (χ0) is 20.5. The van der Waals surface area contributed by atoms with Gasteiger partial charge in [-0.15, -0.1) is 0 Å². The standard InChI is InChI=1S/C15H13F6NO5/c1-25-9-4-2-8(3-5-9)7-22-12(24)10-6-11(23)27-13(26-10,14(16,17)18)15(19,20)21/h2-5,10H,6-7H2,1H3,(H,22,24)/t10-/m0/s1.